The molecule has 0 aliphatic rings. The monoisotopic (exact) mass is 308 g/mol. The molecule has 0 fully saturated rings. The minimum atomic E-state index is 0.365. The van der Waals surface area contributed by atoms with Crippen molar-refractivity contribution in [2.45, 2.75) is 6.92 Å². The summed E-state index contributed by atoms with van der Waals surface area (Å²) in [6, 6.07) is 9.98. The molecule has 1 aromatic carbocycles. The molecule has 0 unspecified atom stereocenters. The van der Waals surface area contributed by atoms with Crippen molar-refractivity contribution < 1.29 is 0 Å². The largest absolute Gasteiger partial charge is 0.338 e. The second-order valence-corrected chi connectivity index (χ2v) is 5.79. The fraction of sp³-hybridized carbons (Fsp3) is 0.0667. The highest BCUT2D eigenvalue weighted by Crippen LogP contribution is 2.21. The smallest absolute Gasteiger partial charge is 0.265 e. The molecule has 4 rings (SSSR count). The van der Waals surface area contributed by atoms with Crippen LogP contribution in [0.3, 0.4) is 0 Å². The number of hydrazone groups is 1. The van der Waals surface area contributed by atoms with Crippen molar-refractivity contribution in [1.29, 1.82) is 0 Å². The highest BCUT2D eigenvalue weighted by Gasteiger charge is 2.07. The normalized spacial score (nSPS) is 11.7. The number of para-hydroxylation sites is 1. The fourth-order valence-electron chi connectivity index (χ4n) is 2.23. The number of fused-ring (bicyclic) bond motifs is 3. The second-order valence-electron chi connectivity index (χ2n) is 4.84. The molecule has 0 atom stereocenters. The van der Waals surface area contributed by atoms with Crippen LogP contribution in [-0.2, 0) is 0 Å². The quantitative estimate of drug-likeness (QED) is 0.449. The van der Waals surface area contributed by atoms with Crippen LogP contribution >= 0.6 is 11.3 Å². The van der Waals surface area contributed by atoms with Crippen LogP contribution in [0.2, 0.25) is 0 Å². The predicted molar refractivity (Wildman–Crippen MR) is 89.5 cm³/mol. The van der Waals surface area contributed by atoms with Gasteiger partial charge in [-0.15, -0.1) is 21.5 Å². The number of aryl methyl sites for hydroxylation is 1. The Labute approximate surface area is 129 Å². The number of aromatic amines is 1. The van der Waals surface area contributed by atoms with E-state index < -0.39 is 0 Å². The first-order chi connectivity index (χ1) is 10.8. The van der Waals surface area contributed by atoms with Gasteiger partial charge in [0.2, 0.25) is 0 Å². The average Bonchev–Trinajstić information content (AvgIpc) is 3.10. The molecule has 0 spiro atoms. The Kier molecular flexibility index (Phi) is 3.05. The first kappa shape index (κ1) is 12.9. The molecule has 108 valence electrons. The molecule has 3 heterocycles. The van der Waals surface area contributed by atoms with Gasteiger partial charge in [-0.25, -0.2) is 5.43 Å². The topological polar surface area (TPSA) is 78.8 Å². The standard InChI is InChI=1S/C15H12N6S/c1-9-6-7-22-12(9)8-16-20-15-18-14-13(19-21-15)10-4-2-3-5-11(10)17-14/h2-8H,1H3,(H2,17,18,20,21)/b16-8+. The summed E-state index contributed by atoms with van der Waals surface area (Å²) in [4.78, 5) is 8.73. The fourth-order valence-corrected chi connectivity index (χ4v) is 3.02. The van der Waals surface area contributed by atoms with E-state index in [0.717, 1.165) is 21.3 Å². The van der Waals surface area contributed by atoms with E-state index in [1.807, 2.05) is 36.6 Å². The summed E-state index contributed by atoms with van der Waals surface area (Å²) in [7, 11) is 0. The van der Waals surface area contributed by atoms with E-state index in [9.17, 15) is 0 Å². The van der Waals surface area contributed by atoms with Crippen LogP contribution in [0.5, 0.6) is 0 Å². The molecule has 22 heavy (non-hydrogen) atoms. The average molecular weight is 308 g/mol. The molecule has 0 amide bonds. The molecule has 0 radical (unpaired) electrons. The van der Waals surface area contributed by atoms with E-state index in [1.165, 1.54) is 5.56 Å². The van der Waals surface area contributed by atoms with Gasteiger partial charge in [0.15, 0.2) is 5.65 Å². The summed E-state index contributed by atoms with van der Waals surface area (Å²) >= 11 is 1.64. The number of nitrogens with one attached hydrogen (secondary N) is 2. The zero-order chi connectivity index (χ0) is 14.9. The first-order valence-electron chi connectivity index (χ1n) is 6.75. The Morgan fingerprint density at radius 2 is 2.14 bits per heavy atom. The number of nitrogens with zero attached hydrogens (tertiary/aromatic N) is 4. The summed E-state index contributed by atoms with van der Waals surface area (Å²) in [5.74, 6) is 0.365. The molecule has 6 nitrogen and oxygen atoms in total. The third-order valence-electron chi connectivity index (χ3n) is 3.37. The lowest BCUT2D eigenvalue weighted by atomic mass is 10.2. The number of benzene rings is 1. The van der Waals surface area contributed by atoms with Crippen LogP contribution in [0.15, 0.2) is 40.8 Å². The summed E-state index contributed by atoms with van der Waals surface area (Å²) in [6.07, 6.45) is 1.76. The minimum Gasteiger partial charge on any atom is -0.338 e. The van der Waals surface area contributed by atoms with Crippen LogP contribution in [0.1, 0.15) is 10.4 Å². The van der Waals surface area contributed by atoms with Gasteiger partial charge < -0.3 is 4.98 Å². The summed E-state index contributed by atoms with van der Waals surface area (Å²) in [5, 5.41) is 15.5. The van der Waals surface area contributed by atoms with Gasteiger partial charge in [-0.3, -0.25) is 0 Å². The SMILES string of the molecule is Cc1ccsc1/C=N/Nc1nnc2c(n1)[nH]c1ccccc12. The Morgan fingerprint density at radius 1 is 1.23 bits per heavy atom. The van der Waals surface area contributed by atoms with Crippen molar-refractivity contribution in [2.75, 3.05) is 5.43 Å². The number of hydrogen-bond acceptors (Lipinski definition) is 6. The van der Waals surface area contributed by atoms with E-state index in [2.05, 4.69) is 36.8 Å². The Morgan fingerprint density at radius 3 is 3.00 bits per heavy atom. The lowest BCUT2D eigenvalue weighted by molar-refractivity contribution is 1.01. The maximum atomic E-state index is 4.40. The zero-order valence-electron chi connectivity index (χ0n) is 11.7. The Bertz CT molecular complexity index is 984. The van der Waals surface area contributed by atoms with E-state index in [1.54, 1.807) is 17.6 Å². The van der Waals surface area contributed by atoms with Crippen LogP contribution in [0.4, 0.5) is 5.95 Å². The lowest BCUT2D eigenvalue weighted by Gasteiger charge is -1.96. The van der Waals surface area contributed by atoms with Gasteiger partial charge in [0.25, 0.3) is 5.95 Å². The maximum Gasteiger partial charge on any atom is 0.265 e. The Hall–Kier alpha value is -2.80. The summed E-state index contributed by atoms with van der Waals surface area (Å²) < 4.78 is 0. The number of anilines is 1. The van der Waals surface area contributed by atoms with Gasteiger partial charge in [0, 0.05) is 15.8 Å². The number of thiophene rings is 1. The van der Waals surface area contributed by atoms with Crippen molar-refractivity contribution in [3.05, 3.63) is 46.2 Å². The van der Waals surface area contributed by atoms with Crippen molar-refractivity contribution in [3.8, 4) is 0 Å². The number of hydrogen-bond donors (Lipinski definition) is 2. The van der Waals surface area contributed by atoms with E-state index in [4.69, 9.17) is 0 Å². The van der Waals surface area contributed by atoms with Crippen molar-refractivity contribution in [3.63, 3.8) is 0 Å². The molecule has 0 saturated heterocycles. The van der Waals surface area contributed by atoms with Gasteiger partial charge in [-0.2, -0.15) is 10.1 Å². The molecule has 0 aliphatic carbocycles. The van der Waals surface area contributed by atoms with Crippen LogP contribution in [0, 0.1) is 6.92 Å². The zero-order valence-corrected chi connectivity index (χ0v) is 12.6. The maximum absolute atomic E-state index is 4.40. The van der Waals surface area contributed by atoms with E-state index in [0.29, 0.717) is 11.6 Å². The minimum absolute atomic E-state index is 0.365. The Balaban J connectivity index is 1.64. The van der Waals surface area contributed by atoms with Crippen LogP contribution in [-0.4, -0.2) is 26.4 Å². The van der Waals surface area contributed by atoms with Crippen molar-refractivity contribution in [1.82, 2.24) is 20.2 Å². The molecule has 7 heteroatoms. The molecule has 0 saturated carbocycles. The third kappa shape index (κ3) is 2.21. The number of rotatable bonds is 3. The number of H-pyrrole nitrogens is 1. The van der Waals surface area contributed by atoms with Crippen LogP contribution < -0.4 is 5.43 Å². The van der Waals surface area contributed by atoms with Crippen molar-refractivity contribution in [2.24, 2.45) is 5.10 Å². The molecule has 4 aromatic rings. The van der Waals surface area contributed by atoms with Gasteiger partial charge in [0.1, 0.15) is 5.52 Å². The van der Waals surface area contributed by atoms with Gasteiger partial charge >= 0.3 is 0 Å². The van der Waals surface area contributed by atoms with Gasteiger partial charge in [-0.1, -0.05) is 18.2 Å². The molecule has 0 bridgehead atoms. The van der Waals surface area contributed by atoms with Gasteiger partial charge in [-0.05, 0) is 30.0 Å². The van der Waals surface area contributed by atoms with Crippen LogP contribution in [0.25, 0.3) is 22.1 Å². The predicted octanol–water partition coefficient (Wildman–Crippen LogP) is 3.32. The first-order valence-corrected chi connectivity index (χ1v) is 7.63. The third-order valence-corrected chi connectivity index (χ3v) is 4.32. The number of aromatic nitrogens is 4. The van der Waals surface area contributed by atoms with Gasteiger partial charge in [0.05, 0.1) is 6.21 Å². The van der Waals surface area contributed by atoms with Crippen molar-refractivity contribution >= 4 is 45.6 Å². The van der Waals surface area contributed by atoms with E-state index >= 15 is 0 Å². The molecule has 3 aromatic heterocycles. The highest BCUT2D eigenvalue weighted by molar-refractivity contribution is 7.11. The molecule has 2 N–H and O–H groups in total. The second kappa shape index (κ2) is 5.19. The molecular weight excluding hydrogens is 296 g/mol. The highest BCUT2D eigenvalue weighted by atomic mass is 32.1. The summed E-state index contributed by atoms with van der Waals surface area (Å²) in [5.41, 5.74) is 6.47. The molecule has 0 aliphatic heterocycles. The lowest BCUT2D eigenvalue weighted by Crippen LogP contribution is -1.98. The summed E-state index contributed by atoms with van der Waals surface area (Å²) in [6.45, 7) is 2.05. The molecular formula is C15H12N6S. The van der Waals surface area contributed by atoms with E-state index in [-0.39, 0.29) is 0 Å².